The summed E-state index contributed by atoms with van der Waals surface area (Å²) >= 11 is 15.6. The Kier molecular flexibility index (Phi) is 6.10. The van der Waals surface area contributed by atoms with E-state index in [1.165, 1.54) is 22.5 Å². The molecule has 0 bridgehead atoms. The largest absolute Gasteiger partial charge is 0.513 e. The number of halogens is 3. The Labute approximate surface area is 196 Å². The number of piperazine rings is 1. The molecule has 3 aromatic rings. The Morgan fingerprint density at radius 1 is 1.13 bits per heavy atom. The Balaban J connectivity index is 1.54. The highest BCUT2D eigenvalue weighted by Crippen LogP contribution is 2.38. The molecule has 0 amide bonds. The molecule has 0 radical (unpaired) electrons. The zero-order valence-corrected chi connectivity index (χ0v) is 19.6. The lowest BCUT2D eigenvalue weighted by atomic mass is 10.2. The Hall–Kier alpha value is -1.98. The van der Waals surface area contributed by atoms with Crippen LogP contribution in [0.1, 0.15) is 0 Å². The minimum atomic E-state index is -3.78. The summed E-state index contributed by atoms with van der Waals surface area (Å²) in [5, 5.41) is 9.60. The number of carboxylic acid groups (broad SMARTS) is 1. The van der Waals surface area contributed by atoms with Gasteiger partial charge in [0.15, 0.2) is 0 Å². The zero-order valence-electron chi connectivity index (χ0n) is 15.7. The smallest absolute Gasteiger partial charge is 0.449 e. The van der Waals surface area contributed by atoms with E-state index in [0.717, 1.165) is 5.69 Å². The number of furan rings is 1. The second-order valence-corrected chi connectivity index (χ2v) is 10.2. The number of carbonyl (C=O) groups is 1. The number of fused-ring (bicyclic) bond motifs is 1. The molecule has 0 aliphatic carbocycles. The molecule has 12 heteroatoms. The molecule has 0 unspecified atom stereocenters. The van der Waals surface area contributed by atoms with Crippen LogP contribution in [-0.2, 0) is 10.0 Å². The van der Waals surface area contributed by atoms with Crippen LogP contribution in [0.25, 0.3) is 11.0 Å². The third-order valence-electron chi connectivity index (χ3n) is 4.89. The second kappa shape index (κ2) is 8.51. The van der Waals surface area contributed by atoms with Crippen LogP contribution < -0.4 is 9.64 Å². The predicted octanol–water partition coefficient (Wildman–Crippen LogP) is 5.07. The number of hydrogen-bond donors (Lipinski definition) is 1. The first kappa shape index (κ1) is 22.2. The molecular weight excluding hydrogens is 535 g/mol. The molecule has 0 saturated carbocycles. The van der Waals surface area contributed by atoms with Gasteiger partial charge in [0.25, 0.3) is 5.95 Å². The van der Waals surface area contributed by atoms with Crippen molar-refractivity contribution < 1.29 is 27.5 Å². The van der Waals surface area contributed by atoms with E-state index in [2.05, 4.69) is 20.7 Å². The summed E-state index contributed by atoms with van der Waals surface area (Å²) in [6, 6.07) is 9.54. The molecule has 1 fully saturated rings. The maximum Gasteiger partial charge on any atom is 0.513 e. The standard InChI is InChI=1S/C19H15BrCl2N2O6S/c20-17-11-10-16(30-19(25)26)29-14(11)5-4-13(17)23-6-8-24(9-7-23)31(27,28)15-3-1-2-12(21)18(15)22/h1-5,10H,6-9H2,(H,25,26). The van der Waals surface area contributed by atoms with Gasteiger partial charge in [0.05, 0.1) is 20.2 Å². The van der Waals surface area contributed by atoms with Crippen molar-refractivity contribution in [2.75, 3.05) is 31.1 Å². The number of rotatable bonds is 4. The van der Waals surface area contributed by atoms with Crippen molar-refractivity contribution in [2.24, 2.45) is 0 Å². The predicted molar refractivity (Wildman–Crippen MR) is 120 cm³/mol. The van der Waals surface area contributed by atoms with Crippen LogP contribution >= 0.6 is 39.1 Å². The molecule has 1 N–H and O–H groups in total. The minimum absolute atomic E-state index is 0.0120. The fraction of sp³-hybridized carbons (Fsp3) is 0.211. The monoisotopic (exact) mass is 548 g/mol. The molecule has 4 rings (SSSR count). The molecule has 1 aliphatic heterocycles. The van der Waals surface area contributed by atoms with E-state index >= 15 is 0 Å². The SMILES string of the molecule is O=C(O)Oc1cc2c(Br)c(N3CCN(S(=O)(=O)c4cccc(Cl)c4Cl)CC3)ccc2o1. The van der Waals surface area contributed by atoms with Crippen LogP contribution in [0.5, 0.6) is 5.95 Å². The summed E-state index contributed by atoms with van der Waals surface area (Å²) in [7, 11) is -3.78. The molecule has 8 nitrogen and oxygen atoms in total. The van der Waals surface area contributed by atoms with Gasteiger partial charge in [-0.15, -0.1) is 0 Å². The van der Waals surface area contributed by atoms with Crippen LogP contribution in [0.2, 0.25) is 10.0 Å². The van der Waals surface area contributed by atoms with Crippen LogP contribution in [0, 0.1) is 0 Å². The van der Waals surface area contributed by atoms with E-state index in [1.54, 1.807) is 12.1 Å². The van der Waals surface area contributed by atoms with Crippen molar-refractivity contribution in [1.29, 1.82) is 0 Å². The molecule has 1 aliphatic rings. The van der Waals surface area contributed by atoms with Gasteiger partial charge >= 0.3 is 6.16 Å². The van der Waals surface area contributed by atoms with E-state index in [1.807, 2.05) is 11.0 Å². The summed E-state index contributed by atoms with van der Waals surface area (Å²) in [4.78, 5) is 12.7. The molecule has 0 atom stereocenters. The maximum atomic E-state index is 13.0. The van der Waals surface area contributed by atoms with Gasteiger partial charge in [-0.2, -0.15) is 4.31 Å². The van der Waals surface area contributed by atoms with Gasteiger partial charge in [-0.3, -0.25) is 0 Å². The van der Waals surface area contributed by atoms with E-state index < -0.39 is 16.2 Å². The third-order valence-corrected chi connectivity index (χ3v) is 8.60. The number of benzene rings is 2. The van der Waals surface area contributed by atoms with Gasteiger partial charge < -0.3 is 19.2 Å². The number of sulfonamides is 1. The fourth-order valence-corrected chi connectivity index (χ4v) is 6.27. The van der Waals surface area contributed by atoms with E-state index in [4.69, 9.17) is 32.7 Å². The average Bonchev–Trinajstić information content (AvgIpc) is 3.13. The van der Waals surface area contributed by atoms with Crippen LogP contribution in [-0.4, -0.2) is 50.2 Å². The molecule has 31 heavy (non-hydrogen) atoms. The first-order valence-corrected chi connectivity index (χ1v) is 12.0. The lowest BCUT2D eigenvalue weighted by molar-refractivity contribution is 0.134. The van der Waals surface area contributed by atoms with Gasteiger partial charge in [0.2, 0.25) is 10.0 Å². The highest BCUT2D eigenvalue weighted by Gasteiger charge is 2.31. The quantitative estimate of drug-likeness (QED) is 0.453. The fourth-order valence-electron chi connectivity index (χ4n) is 3.42. The number of hydrogen-bond acceptors (Lipinski definition) is 6. The summed E-state index contributed by atoms with van der Waals surface area (Å²) in [5.74, 6) is -0.130. The van der Waals surface area contributed by atoms with Gasteiger partial charge in [-0.1, -0.05) is 29.3 Å². The first-order valence-electron chi connectivity index (χ1n) is 9.00. The molecular formula is C19H15BrCl2N2O6S. The molecule has 1 aromatic heterocycles. The normalized spacial score (nSPS) is 15.4. The van der Waals surface area contributed by atoms with Gasteiger partial charge in [0, 0.05) is 37.6 Å². The first-order chi connectivity index (χ1) is 14.7. The number of nitrogens with zero attached hydrogens (tertiary/aromatic N) is 2. The summed E-state index contributed by atoms with van der Waals surface area (Å²) < 4.78 is 38.1. The lowest BCUT2D eigenvalue weighted by Crippen LogP contribution is -2.48. The molecule has 1 saturated heterocycles. The summed E-state index contributed by atoms with van der Waals surface area (Å²) in [5.41, 5.74) is 1.29. The van der Waals surface area contributed by atoms with Crippen molar-refractivity contribution >= 4 is 72.0 Å². The molecule has 2 aromatic carbocycles. The Morgan fingerprint density at radius 2 is 1.84 bits per heavy atom. The highest BCUT2D eigenvalue weighted by molar-refractivity contribution is 9.10. The molecule has 0 spiro atoms. The van der Waals surface area contributed by atoms with E-state index in [-0.39, 0.29) is 34.0 Å². The zero-order chi connectivity index (χ0) is 22.3. The van der Waals surface area contributed by atoms with Gasteiger partial charge in [0.1, 0.15) is 10.5 Å². The molecule has 164 valence electrons. The van der Waals surface area contributed by atoms with Crippen molar-refractivity contribution in [3.05, 3.63) is 50.9 Å². The lowest BCUT2D eigenvalue weighted by Gasteiger charge is -2.36. The van der Waals surface area contributed by atoms with Crippen molar-refractivity contribution in [3.63, 3.8) is 0 Å². The van der Waals surface area contributed by atoms with Crippen molar-refractivity contribution in [1.82, 2.24) is 4.31 Å². The second-order valence-electron chi connectivity index (χ2n) is 6.69. The maximum absolute atomic E-state index is 13.0. The highest BCUT2D eigenvalue weighted by atomic mass is 79.9. The number of ether oxygens (including phenoxy) is 1. The van der Waals surface area contributed by atoms with Crippen LogP contribution in [0.15, 0.2) is 50.2 Å². The van der Waals surface area contributed by atoms with Crippen LogP contribution in [0.3, 0.4) is 0 Å². The van der Waals surface area contributed by atoms with Crippen LogP contribution in [0.4, 0.5) is 10.5 Å². The third kappa shape index (κ3) is 4.22. The van der Waals surface area contributed by atoms with Gasteiger partial charge in [-0.05, 0) is 40.2 Å². The average molecular weight is 550 g/mol. The Morgan fingerprint density at radius 3 is 2.52 bits per heavy atom. The van der Waals surface area contributed by atoms with E-state index in [0.29, 0.717) is 28.5 Å². The summed E-state index contributed by atoms with van der Waals surface area (Å²) in [6.07, 6.45) is -1.47. The van der Waals surface area contributed by atoms with Crippen molar-refractivity contribution in [3.8, 4) is 5.95 Å². The topological polar surface area (TPSA) is 100 Å². The van der Waals surface area contributed by atoms with E-state index in [9.17, 15) is 13.2 Å². The van der Waals surface area contributed by atoms with Crippen molar-refractivity contribution in [2.45, 2.75) is 4.90 Å². The summed E-state index contributed by atoms with van der Waals surface area (Å²) in [6.45, 7) is 1.40. The Bertz CT molecular complexity index is 1270. The van der Waals surface area contributed by atoms with Gasteiger partial charge in [-0.25, -0.2) is 13.2 Å². The minimum Gasteiger partial charge on any atom is -0.449 e. The molecule has 2 heterocycles. The number of anilines is 1.